The summed E-state index contributed by atoms with van der Waals surface area (Å²) in [5.74, 6) is -0.152. The number of primary amides is 1. The third-order valence-corrected chi connectivity index (χ3v) is 2.99. The number of anilines is 1. The number of carbonyl (C=O) groups excluding carboxylic acids is 2. The average Bonchev–Trinajstić information content (AvgIpc) is 2.47. The summed E-state index contributed by atoms with van der Waals surface area (Å²) in [6.45, 7) is 1.81. The molecule has 1 heterocycles. The molecule has 0 fully saturated rings. The topological polar surface area (TPSA) is 102 Å². The van der Waals surface area contributed by atoms with Crippen molar-refractivity contribution in [2.45, 2.75) is 20.0 Å². The van der Waals surface area contributed by atoms with E-state index in [-0.39, 0.29) is 25.7 Å². The third kappa shape index (κ3) is 3.25. The molecular weight excluding hydrogens is 276 g/mol. The average molecular weight is 294 g/mol. The van der Waals surface area contributed by atoms with Crippen molar-refractivity contribution in [1.29, 1.82) is 0 Å². The van der Waals surface area contributed by atoms with Gasteiger partial charge in [0.05, 0.1) is 18.9 Å². The van der Waals surface area contributed by atoms with Crippen molar-refractivity contribution in [2.75, 3.05) is 24.7 Å². The van der Waals surface area contributed by atoms with Crippen LogP contribution < -0.4 is 20.1 Å². The van der Waals surface area contributed by atoms with E-state index in [0.29, 0.717) is 29.4 Å². The lowest BCUT2D eigenvalue weighted by Gasteiger charge is -2.30. The zero-order valence-electron chi connectivity index (χ0n) is 11.8. The Bertz CT molecular complexity index is 559. The number of aliphatic hydroxyl groups is 1. The standard InChI is InChI=1S/C14H18N2O5/c1-2-3-20-11-5-9(7-17)4-10-14(11)21-8-13(19)16(10)6-12(15)18/h4-5,17H,2-3,6-8H2,1H3,(H2,15,18). The molecule has 7 heteroatoms. The second-order valence-electron chi connectivity index (χ2n) is 4.68. The summed E-state index contributed by atoms with van der Waals surface area (Å²) in [4.78, 5) is 24.3. The Morgan fingerprint density at radius 2 is 2.29 bits per heavy atom. The number of hydrogen-bond acceptors (Lipinski definition) is 5. The third-order valence-electron chi connectivity index (χ3n) is 2.99. The second-order valence-corrected chi connectivity index (χ2v) is 4.68. The molecule has 2 rings (SSSR count). The maximum Gasteiger partial charge on any atom is 0.265 e. The zero-order chi connectivity index (χ0) is 15.4. The zero-order valence-corrected chi connectivity index (χ0v) is 11.8. The Morgan fingerprint density at radius 1 is 1.52 bits per heavy atom. The Labute approximate surface area is 122 Å². The predicted octanol–water partition coefficient (Wildman–Crippen LogP) is 0.178. The molecule has 0 bridgehead atoms. The smallest absolute Gasteiger partial charge is 0.265 e. The van der Waals surface area contributed by atoms with E-state index in [1.54, 1.807) is 12.1 Å². The number of benzene rings is 1. The maximum absolute atomic E-state index is 11.9. The monoisotopic (exact) mass is 294 g/mol. The van der Waals surface area contributed by atoms with Crippen molar-refractivity contribution in [2.24, 2.45) is 5.73 Å². The first-order chi connectivity index (χ1) is 10.1. The SMILES string of the molecule is CCCOc1cc(CO)cc2c1OCC(=O)N2CC(N)=O. The number of nitrogens with two attached hydrogens (primary N) is 1. The molecule has 0 saturated carbocycles. The van der Waals surface area contributed by atoms with Gasteiger partial charge < -0.3 is 20.3 Å². The van der Waals surface area contributed by atoms with Gasteiger partial charge in [0.25, 0.3) is 5.91 Å². The van der Waals surface area contributed by atoms with E-state index in [1.807, 2.05) is 6.92 Å². The van der Waals surface area contributed by atoms with Gasteiger partial charge in [0.2, 0.25) is 5.91 Å². The highest BCUT2D eigenvalue weighted by atomic mass is 16.5. The van der Waals surface area contributed by atoms with E-state index in [0.717, 1.165) is 6.42 Å². The normalized spacial score (nSPS) is 13.6. The van der Waals surface area contributed by atoms with Crippen molar-refractivity contribution in [3.8, 4) is 11.5 Å². The van der Waals surface area contributed by atoms with Crippen molar-refractivity contribution < 1.29 is 24.2 Å². The van der Waals surface area contributed by atoms with Gasteiger partial charge in [-0.3, -0.25) is 14.5 Å². The van der Waals surface area contributed by atoms with Crippen LogP contribution in [0, 0.1) is 0 Å². The predicted molar refractivity (Wildman–Crippen MR) is 75.2 cm³/mol. The number of carbonyl (C=O) groups is 2. The number of hydrogen-bond donors (Lipinski definition) is 2. The van der Waals surface area contributed by atoms with Crippen molar-refractivity contribution in [3.05, 3.63) is 17.7 Å². The summed E-state index contributed by atoms with van der Waals surface area (Å²) >= 11 is 0. The lowest BCUT2D eigenvalue weighted by Crippen LogP contribution is -2.43. The summed E-state index contributed by atoms with van der Waals surface area (Å²) in [7, 11) is 0. The van der Waals surface area contributed by atoms with E-state index >= 15 is 0 Å². The maximum atomic E-state index is 11.9. The molecule has 1 aliphatic rings. The van der Waals surface area contributed by atoms with Crippen LogP contribution >= 0.6 is 0 Å². The molecule has 0 unspecified atom stereocenters. The quantitative estimate of drug-likeness (QED) is 0.779. The van der Waals surface area contributed by atoms with Gasteiger partial charge in [-0.15, -0.1) is 0 Å². The molecular formula is C14H18N2O5. The van der Waals surface area contributed by atoms with Crippen LogP contribution in [0.5, 0.6) is 11.5 Å². The summed E-state index contributed by atoms with van der Waals surface area (Å²) in [5, 5.41) is 9.33. The van der Waals surface area contributed by atoms with Crippen LogP contribution in [0.1, 0.15) is 18.9 Å². The van der Waals surface area contributed by atoms with Gasteiger partial charge >= 0.3 is 0 Å². The summed E-state index contributed by atoms with van der Waals surface area (Å²) in [5.41, 5.74) is 6.13. The number of nitrogens with zero attached hydrogens (tertiary/aromatic N) is 1. The van der Waals surface area contributed by atoms with E-state index < -0.39 is 5.91 Å². The van der Waals surface area contributed by atoms with Crippen molar-refractivity contribution in [1.82, 2.24) is 0 Å². The van der Waals surface area contributed by atoms with Gasteiger partial charge in [-0.05, 0) is 24.1 Å². The molecule has 7 nitrogen and oxygen atoms in total. The Balaban J connectivity index is 2.46. The molecule has 114 valence electrons. The molecule has 21 heavy (non-hydrogen) atoms. The van der Waals surface area contributed by atoms with Crippen LogP contribution in [-0.4, -0.2) is 36.7 Å². The van der Waals surface area contributed by atoms with Gasteiger partial charge in [0, 0.05) is 0 Å². The molecule has 0 aromatic heterocycles. The Hall–Kier alpha value is -2.28. The Kier molecular flexibility index (Phi) is 4.64. The number of rotatable bonds is 6. The van der Waals surface area contributed by atoms with Gasteiger partial charge in [-0.25, -0.2) is 0 Å². The van der Waals surface area contributed by atoms with Crippen LogP contribution in [0.15, 0.2) is 12.1 Å². The van der Waals surface area contributed by atoms with Crippen LogP contribution in [0.3, 0.4) is 0 Å². The lowest BCUT2D eigenvalue weighted by molar-refractivity contribution is -0.124. The summed E-state index contributed by atoms with van der Waals surface area (Å²) < 4.78 is 11.0. The molecule has 1 aromatic carbocycles. The fourth-order valence-electron chi connectivity index (χ4n) is 2.07. The van der Waals surface area contributed by atoms with Gasteiger partial charge in [0.15, 0.2) is 18.1 Å². The lowest BCUT2D eigenvalue weighted by atomic mass is 10.1. The van der Waals surface area contributed by atoms with Crippen LogP contribution in [-0.2, 0) is 16.2 Å². The first-order valence-corrected chi connectivity index (χ1v) is 6.68. The Morgan fingerprint density at radius 3 is 2.90 bits per heavy atom. The van der Waals surface area contributed by atoms with Crippen molar-refractivity contribution >= 4 is 17.5 Å². The van der Waals surface area contributed by atoms with Gasteiger partial charge in [-0.1, -0.05) is 6.92 Å². The van der Waals surface area contributed by atoms with Crippen LogP contribution in [0.25, 0.3) is 0 Å². The highest BCUT2D eigenvalue weighted by Gasteiger charge is 2.29. The number of fused-ring (bicyclic) bond motifs is 1. The second kappa shape index (κ2) is 6.45. The van der Waals surface area contributed by atoms with Gasteiger partial charge in [0.1, 0.15) is 6.54 Å². The van der Waals surface area contributed by atoms with Crippen molar-refractivity contribution in [3.63, 3.8) is 0 Å². The molecule has 3 N–H and O–H groups in total. The highest BCUT2D eigenvalue weighted by Crippen LogP contribution is 2.41. The molecule has 0 aliphatic carbocycles. The van der Waals surface area contributed by atoms with E-state index in [4.69, 9.17) is 15.2 Å². The molecule has 0 saturated heterocycles. The fourth-order valence-corrected chi connectivity index (χ4v) is 2.07. The molecule has 1 aliphatic heterocycles. The van der Waals surface area contributed by atoms with E-state index in [9.17, 15) is 14.7 Å². The summed E-state index contributed by atoms with van der Waals surface area (Å²) in [6.07, 6.45) is 0.808. The number of ether oxygens (including phenoxy) is 2. The molecule has 0 atom stereocenters. The fraction of sp³-hybridized carbons (Fsp3) is 0.429. The minimum absolute atomic E-state index is 0.179. The van der Waals surface area contributed by atoms with Gasteiger partial charge in [-0.2, -0.15) is 0 Å². The molecule has 0 radical (unpaired) electrons. The number of aliphatic hydroxyl groups excluding tert-OH is 1. The van der Waals surface area contributed by atoms with Crippen LogP contribution in [0.2, 0.25) is 0 Å². The van der Waals surface area contributed by atoms with E-state index in [1.165, 1.54) is 4.90 Å². The first kappa shape index (κ1) is 15.1. The largest absolute Gasteiger partial charge is 0.490 e. The first-order valence-electron chi connectivity index (χ1n) is 6.68. The summed E-state index contributed by atoms with van der Waals surface area (Å²) in [6, 6.07) is 3.25. The molecule has 1 aromatic rings. The molecule has 2 amide bonds. The minimum atomic E-state index is -0.623. The van der Waals surface area contributed by atoms with E-state index in [2.05, 4.69) is 0 Å². The van der Waals surface area contributed by atoms with Crippen LogP contribution in [0.4, 0.5) is 5.69 Å². The highest BCUT2D eigenvalue weighted by molar-refractivity contribution is 6.02. The number of amides is 2. The minimum Gasteiger partial charge on any atom is -0.490 e. The molecule has 0 spiro atoms.